The number of benzene rings is 3. The smallest absolute Gasteiger partial charge is 0.157 e. The summed E-state index contributed by atoms with van der Waals surface area (Å²) in [6.45, 7) is 0. The van der Waals surface area contributed by atoms with Crippen molar-refractivity contribution >= 4 is 0 Å². The normalized spacial score (nSPS) is 8.87. The number of para-hydroxylation sites is 3. The maximum Gasteiger partial charge on any atom is 0.157 e. The quantitative estimate of drug-likeness (QED) is 0.322. The second-order valence-corrected chi connectivity index (χ2v) is 4.34. The molecule has 23 heavy (non-hydrogen) atoms. The lowest BCUT2D eigenvalue weighted by Crippen LogP contribution is -1.63. The maximum absolute atomic E-state index is 8.67. The van der Waals surface area contributed by atoms with Gasteiger partial charge in [-0.15, -0.1) is 0 Å². The maximum atomic E-state index is 8.67. The molecule has 0 amide bonds. The lowest BCUT2D eigenvalue weighted by atomic mass is 10.3. The lowest BCUT2D eigenvalue weighted by molar-refractivity contribution is 0.404. The van der Waals surface area contributed by atoms with E-state index in [0.717, 1.165) is 0 Å². The van der Waals surface area contributed by atoms with Crippen molar-refractivity contribution in [3.8, 4) is 28.7 Å². The Hall–Kier alpha value is -3.34. The number of phenols is 5. The Kier molecular flexibility index (Phi) is 7.37. The van der Waals surface area contributed by atoms with Gasteiger partial charge in [0.15, 0.2) is 11.5 Å². The number of rotatable bonds is 0. The lowest BCUT2D eigenvalue weighted by Gasteiger charge is -1.91. The van der Waals surface area contributed by atoms with Gasteiger partial charge in [0, 0.05) is 0 Å². The van der Waals surface area contributed by atoms with Crippen molar-refractivity contribution in [1.29, 1.82) is 0 Å². The van der Waals surface area contributed by atoms with Crippen LogP contribution < -0.4 is 0 Å². The van der Waals surface area contributed by atoms with Crippen molar-refractivity contribution in [3.63, 3.8) is 0 Å². The predicted molar refractivity (Wildman–Crippen MR) is 87.7 cm³/mol. The van der Waals surface area contributed by atoms with E-state index in [1.165, 1.54) is 36.4 Å². The molecule has 0 saturated carbocycles. The molecule has 0 saturated heterocycles. The molecular weight excluding hydrogens is 296 g/mol. The predicted octanol–water partition coefficient (Wildman–Crippen LogP) is 3.59. The highest BCUT2D eigenvalue weighted by Gasteiger charge is 1.90. The molecule has 3 aromatic carbocycles. The number of hydrogen-bond acceptors (Lipinski definition) is 5. The zero-order valence-electron chi connectivity index (χ0n) is 12.2. The summed E-state index contributed by atoms with van der Waals surface area (Å²) < 4.78 is 0. The summed E-state index contributed by atoms with van der Waals surface area (Å²) in [5, 5.41) is 43.3. The van der Waals surface area contributed by atoms with Crippen LogP contribution in [0.15, 0.2) is 78.9 Å². The number of hydrogen-bond donors (Lipinski definition) is 5. The van der Waals surface area contributed by atoms with Crippen molar-refractivity contribution in [1.82, 2.24) is 0 Å². The van der Waals surface area contributed by atoms with Crippen LogP contribution in [-0.2, 0) is 0 Å². The standard InChI is InChI=1S/2C6H6O2.C6H6O/c7-5-1-2-6(8)4-3-5;7-5-3-1-2-4-6(5)8;7-6-4-2-1-3-5-6/h2*1-4,7-8H;1-5,7H. The minimum absolute atomic E-state index is 0.0764. The summed E-state index contributed by atoms with van der Waals surface area (Å²) in [5.74, 6) is 0.508. The first-order chi connectivity index (χ1) is 11.0. The first-order valence-electron chi connectivity index (χ1n) is 6.68. The fourth-order valence-electron chi connectivity index (χ4n) is 1.34. The van der Waals surface area contributed by atoms with Crippen LogP contribution in [0.2, 0.25) is 0 Å². The third-order valence-corrected chi connectivity index (χ3v) is 2.49. The highest BCUT2D eigenvalue weighted by atomic mass is 16.3. The van der Waals surface area contributed by atoms with E-state index < -0.39 is 0 Å². The molecule has 0 spiro atoms. The molecule has 3 aromatic rings. The fraction of sp³-hybridized carbons (Fsp3) is 0. The Bertz CT molecular complexity index is 639. The van der Waals surface area contributed by atoms with Crippen molar-refractivity contribution < 1.29 is 25.5 Å². The Morgan fingerprint density at radius 1 is 0.348 bits per heavy atom. The summed E-state index contributed by atoms with van der Waals surface area (Å²) in [6, 6.07) is 20.6. The van der Waals surface area contributed by atoms with Gasteiger partial charge in [-0.25, -0.2) is 0 Å². The van der Waals surface area contributed by atoms with E-state index in [0.29, 0.717) is 5.75 Å². The highest BCUT2D eigenvalue weighted by Crippen LogP contribution is 2.21. The number of aromatic hydroxyl groups is 5. The Balaban J connectivity index is 0.000000173. The molecule has 5 heteroatoms. The number of phenolic OH excluding ortho intramolecular Hbond substituents is 5. The SMILES string of the molecule is Oc1ccc(O)cc1.Oc1ccccc1.Oc1ccccc1O. The van der Waals surface area contributed by atoms with Gasteiger partial charge in [-0.05, 0) is 48.5 Å². The molecule has 0 unspecified atom stereocenters. The van der Waals surface area contributed by atoms with E-state index in [1.54, 1.807) is 36.4 Å². The average molecular weight is 314 g/mol. The van der Waals surface area contributed by atoms with E-state index in [4.69, 9.17) is 25.5 Å². The second-order valence-electron chi connectivity index (χ2n) is 4.34. The van der Waals surface area contributed by atoms with E-state index in [9.17, 15) is 0 Å². The molecule has 0 aliphatic carbocycles. The van der Waals surface area contributed by atoms with Crippen molar-refractivity contribution in [3.05, 3.63) is 78.9 Å². The van der Waals surface area contributed by atoms with Gasteiger partial charge in [-0.1, -0.05) is 30.3 Å². The van der Waals surface area contributed by atoms with Crippen LogP contribution in [0, 0.1) is 0 Å². The minimum Gasteiger partial charge on any atom is -0.508 e. The molecule has 0 aromatic heterocycles. The van der Waals surface area contributed by atoms with Crippen LogP contribution >= 0.6 is 0 Å². The zero-order chi connectivity index (χ0) is 17.1. The Morgan fingerprint density at radius 2 is 0.652 bits per heavy atom. The third kappa shape index (κ3) is 7.87. The largest absolute Gasteiger partial charge is 0.508 e. The van der Waals surface area contributed by atoms with Gasteiger partial charge >= 0.3 is 0 Å². The molecule has 0 aliphatic rings. The zero-order valence-corrected chi connectivity index (χ0v) is 12.2. The van der Waals surface area contributed by atoms with Crippen LogP contribution in [0.5, 0.6) is 28.7 Å². The van der Waals surface area contributed by atoms with Crippen molar-refractivity contribution in [2.75, 3.05) is 0 Å². The van der Waals surface area contributed by atoms with E-state index in [1.807, 2.05) is 6.07 Å². The molecule has 0 atom stereocenters. The van der Waals surface area contributed by atoms with Crippen LogP contribution in [0.1, 0.15) is 0 Å². The molecule has 0 heterocycles. The van der Waals surface area contributed by atoms with E-state index >= 15 is 0 Å². The summed E-state index contributed by atoms with van der Waals surface area (Å²) in [4.78, 5) is 0. The highest BCUT2D eigenvalue weighted by molar-refractivity contribution is 5.36. The average Bonchev–Trinajstić information content (AvgIpc) is 2.55. The minimum atomic E-state index is -0.0764. The molecular formula is C18H18O5. The van der Waals surface area contributed by atoms with Crippen LogP contribution in [0.25, 0.3) is 0 Å². The molecule has 0 bridgehead atoms. The first kappa shape index (κ1) is 17.7. The molecule has 0 radical (unpaired) electrons. The molecule has 120 valence electrons. The Labute approximate surface area is 134 Å². The molecule has 3 rings (SSSR count). The topological polar surface area (TPSA) is 101 Å². The van der Waals surface area contributed by atoms with Crippen LogP contribution in [-0.4, -0.2) is 25.5 Å². The molecule has 5 nitrogen and oxygen atoms in total. The van der Waals surface area contributed by atoms with Crippen molar-refractivity contribution in [2.24, 2.45) is 0 Å². The fourth-order valence-corrected chi connectivity index (χ4v) is 1.34. The third-order valence-electron chi connectivity index (χ3n) is 2.49. The van der Waals surface area contributed by atoms with Crippen LogP contribution in [0.4, 0.5) is 0 Å². The van der Waals surface area contributed by atoms with Gasteiger partial charge in [0.25, 0.3) is 0 Å². The Morgan fingerprint density at radius 3 is 0.913 bits per heavy atom. The second kappa shape index (κ2) is 9.57. The van der Waals surface area contributed by atoms with E-state index in [2.05, 4.69) is 0 Å². The van der Waals surface area contributed by atoms with Crippen molar-refractivity contribution in [2.45, 2.75) is 0 Å². The van der Waals surface area contributed by atoms with Gasteiger partial charge in [0.1, 0.15) is 17.2 Å². The van der Waals surface area contributed by atoms with Gasteiger partial charge in [-0.3, -0.25) is 0 Å². The molecule has 5 N–H and O–H groups in total. The summed E-state index contributed by atoms with van der Waals surface area (Å²) in [7, 11) is 0. The van der Waals surface area contributed by atoms with Gasteiger partial charge in [0.2, 0.25) is 0 Å². The van der Waals surface area contributed by atoms with Gasteiger partial charge in [-0.2, -0.15) is 0 Å². The van der Waals surface area contributed by atoms with E-state index in [-0.39, 0.29) is 23.0 Å². The van der Waals surface area contributed by atoms with Gasteiger partial charge in [0.05, 0.1) is 0 Å². The molecule has 0 fully saturated rings. The van der Waals surface area contributed by atoms with Crippen LogP contribution in [0.3, 0.4) is 0 Å². The monoisotopic (exact) mass is 314 g/mol. The summed E-state index contributed by atoms with van der Waals surface area (Å²) in [6.07, 6.45) is 0. The summed E-state index contributed by atoms with van der Waals surface area (Å²) >= 11 is 0. The summed E-state index contributed by atoms with van der Waals surface area (Å²) in [5.41, 5.74) is 0. The van der Waals surface area contributed by atoms with Gasteiger partial charge < -0.3 is 25.5 Å². The first-order valence-corrected chi connectivity index (χ1v) is 6.68. The molecule has 0 aliphatic heterocycles.